The highest BCUT2D eigenvalue weighted by atomic mass is 32.1. The van der Waals surface area contributed by atoms with E-state index in [-0.39, 0.29) is 5.41 Å². The lowest BCUT2D eigenvalue weighted by Crippen LogP contribution is -2.27. The fourth-order valence-electron chi connectivity index (χ4n) is 9.88. The largest absolute Gasteiger partial charge is 0.456 e. The minimum Gasteiger partial charge on any atom is -0.456 e. The first kappa shape index (κ1) is 28.1. The smallest absolute Gasteiger partial charge is 0.136 e. The van der Waals surface area contributed by atoms with Crippen LogP contribution in [0.2, 0.25) is 0 Å². The fourth-order valence-corrected chi connectivity index (χ4v) is 11.0. The van der Waals surface area contributed by atoms with Gasteiger partial charge in [0, 0.05) is 52.8 Å². The standard InChI is InChI=1S/C48H33NOS/c1-8-22-48(23-9-1)40-13-5-2-10-32(40)36-28-45-39(27-41(36)48)38-25-30(17-21-44(38)50-45)29-16-20-43-37(24-29)33-11-3-6-14-42(33)49(43)31-18-19-35-34-12-4-7-15-46(34)51-47(35)26-31/h2-7,10-21,24-28H,1,8-9,22-23H2. The zero-order chi connectivity index (χ0) is 33.3. The second-order valence-electron chi connectivity index (χ2n) is 14.8. The van der Waals surface area contributed by atoms with E-state index in [1.165, 1.54) is 124 Å². The van der Waals surface area contributed by atoms with Gasteiger partial charge in [-0.15, -0.1) is 11.3 Å². The Labute approximate surface area is 299 Å². The van der Waals surface area contributed by atoms with Crippen LogP contribution in [0.4, 0.5) is 0 Å². The van der Waals surface area contributed by atoms with E-state index in [1.54, 1.807) is 0 Å². The third-order valence-corrected chi connectivity index (χ3v) is 13.3. The van der Waals surface area contributed by atoms with Crippen molar-refractivity contribution in [3.05, 3.63) is 151 Å². The Hall–Kier alpha value is -5.64. The van der Waals surface area contributed by atoms with E-state index in [9.17, 15) is 0 Å². The lowest BCUT2D eigenvalue weighted by molar-refractivity contribution is 0.353. The molecule has 51 heavy (non-hydrogen) atoms. The van der Waals surface area contributed by atoms with Gasteiger partial charge in [0.25, 0.3) is 0 Å². The van der Waals surface area contributed by atoms with Gasteiger partial charge < -0.3 is 8.98 Å². The van der Waals surface area contributed by atoms with Crippen LogP contribution in [-0.4, -0.2) is 4.57 Å². The average molecular weight is 672 g/mol. The molecule has 10 aromatic rings. The molecule has 1 spiro atoms. The van der Waals surface area contributed by atoms with Crippen molar-refractivity contribution >= 4 is 75.3 Å². The molecule has 7 aromatic carbocycles. The first-order valence-corrected chi connectivity index (χ1v) is 19.1. The van der Waals surface area contributed by atoms with Gasteiger partial charge in [0.1, 0.15) is 11.2 Å². The van der Waals surface area contributed by atoms with E-state index in [1.807, 2.05) is 11.3 Å². The number of benzene rings is 7. The molecule has 1 fully saturated rings. The molecular formula is C48H33NOS. The van der Waals surface area contributed by atoms with E-state index in [0.717, 1.165) is 11.2 Å². The molecule has 2 aliphatic carbocycles. The molecule has 0 unspecified atom stereocenters. The molecule has 3 heterocycles. The predicted octanol–water partition coefficient (Wildman–Crippen LogP) is 13.9. The number of thiophene rings is 1. The first-order valence-electron chi connectivity index (χ1n) is 18.3. The lowest BCUT2D eigenvalue weighted by Gasteiger charge is -2.35. The molecule has 0 radical (unpaired) electrons. The van der Waals surface area contributed by atoms with Crippen LogP contribution < -0.4 is 0 Å². The highest BCUT2D eigenvalue weighted by Crippen LogP contribution is 2.57. The molecule has 0 atom stereocenters. The Bertz CT molecular complexity index is 3070. The summed E-state index contributed by atoms with van der Waals surface area (Å²) in [5.41, 5.74) is 13.9. The summed E-state index contributed by atoms with van der Waals surface area (Å²) in [6.07, 6.45) is 6.38. The number of rotatable bonds is 2. The Morgan fingerprint density at radius 1 is 0.471 bits per heavy atom. The molecule has 2 nitrogen and oxygen atoms in total. The van der Waals surface area contributed by atoms with Crippen LogP contribution in [0.25, 0.3) is 91.9 Å². The third-order valence-electron chi connectivity index (χ3n) is 12.2. The van der Waals surface area contributed by atoms with Gasteiger partial charge in [-0.3, -0.25) is 0 Å². The van der Waals surface area contributed by atoms with Crippen molar-refractivity contribution in [2.24, 2.45) is 0 Å². The molecule has 12 rings (SSSR count). The quantitative estimate of drug-likeness (QED) is 0.179. The number of fused-ring (bicyclic) bond motifs is 14. The Morgan fingerprint density at radius 2 is 1.20 bits per heavy atom. The van der Waals surface area contributed by atoms with Crippen LogP contribution in [0, 0.1) is 0 Å². The van der Waals surface area contributed by atoms with E-state index in [4.69, 9.17) is 4.42 Å². The Morgan fingerprint density at radius 3 is 2.12 bits per heavy atom. The van der Waals surface area contributed by atoms with Crippen LogP contribution in [0.5, 0.6) is 0 Å². The lowest BCUT2D eigenvalue weighted by atomic mass is 9.68. The summed E-state index contributed by atoms with van der Waals surface area (Å²) in [5.74, 6) is 0. The molecule has 0 amide bonds. The summed E-state index contributed by atoms with van der Waals surface area (Å²) in [6, 6.07) is 52.2. The maximum Gasteiger partial charge on any atom is 0.136 e. The summed E-state index contributed by atoms with van der Waals surface area (Å²) in [4.78, 5) is 0. The maximum absolute atomic E-state index is 6.59. The predicted molar refractivity (Wildman–Crippen MR) is 216 cm³/mol. The van der Waals surface area contributed by atoms with Gasteiger partial charge in [0.05, 0.1) is 11.0 Å². The van der Waals surface area contributed by atoms with Crippen LogP contribution >= 0.6 is 11.3 Å². The van der Waals surface area contributed by atoms with Gasteiger partial charge >= 0.3 is 0 Å². The molecule has 242 valence electrons. The summed E-state index contributed by atoms with van der Waals surface area (Å²) in [6.45, 7) is 0. The topological polar surface area (TPSA) is 18.1 Å². The summed E-state index contributed by atoms with van der Waals surface area (Å²) in [5, 5.41) is 7.64. The van der Waals surface area contributed by atoms with Crippen LogP contribution in [0.3, 0.4) is 0 Å². The number of hydrogen-bond donors (Lipinski definition) is 0. The van der Waals surface area contributed by atoms with Crippen molar-refractivity contribution in [1.82, 2.24) is 4.57 Å². The minimum absolute atomic E-state index is 0.125. The molecule has 3 aromatic heterocycles. The van der Waals surface area contributed by atoms with Gasteiger partial charge in [-0.2, -0.15) is 0 Å². The Balaban J connectivity index is 1.02. The van der Waals surface area contributed by atoms with Crippen molar-refractivity contribution < 1.29 is 4.42 Å². The van der Waals surface area contributed by atoms with Crippen molar-refractivity contribution in [2.45, 2.75) is 37.5 Å². The SMILES string of the molecule is c1ccc2c(c1)-c1cc3oc4ccc(-c5ccc6c(c5)c5ccccc5n6-c5ccc6c(c5)sc5ccccc56)cc4c3cc1C21CCCCC1. The van der Waals surface area contributed by atoms with Crippen molar-refractivity contribution in [2.75, 3.05) is 0 Å². The molecule has 1 saturated carbocycles. The van der Waals surface area contributed by atoms with Gasteiger partial charge in [-0.25, -0.2) is 0 Å². The zero-order valence-electron chi connectivity index (χ0n) is 28.1. The normalized spacial score (nSPS) is 15.2. The van der Waals surface area contributed by atoms with Crippen molar-refractivity contribution in [3.8, 4) is 27.9 Å². The summed E-state index contributed by atoms with van der Waals surface area (Å²) < 4.78 is 11.7. The van der Waals surface area contributed by atoms with Crippen LogP contribution in [0.1, 0.15) is 43.2 Å². The number of hydrogen-bond acceptors (Lipinski definition) is 2. The van der Waals surface area contributed by atoms with Gasteiger partial charge in [-0.05, 0) is 107 Å². The van der Waals surface area contributed by atoms with Gasteiger partial charge in [0.15, 0.2) is 0 Å². The summed E-state index contributed by atoms with van der Waals surface area (Å²) >= 11 is 1.87. The van der Waals surface area contributed by atoms with E-state index < -0.39 is 0 Å². The molecule has 0 N–H and O–H groups in total. The molecule has 0 saturated heterocycles. The molecule has 2 aliphatic rings. The Kier molecular flexibility index (Phi) is 5.63. The molecule has 3 heteroatoms. The highest BCUT2D eigenvalue weighted by molar-refractivity contribution is 7.25. The molecule has 0 aliphatic heterocycles. The first-order chi connectivity index (χ1) is 25.2. The monoisotopic (exact) mass is 671 g/mol. The van der Waals surface area contributed by atoms with Gasteiger partial charge in [-0.1, -0.05) is 98.1 Å². The second kappa shape index (κ2) is 10.2. The van der Waals surface area contributed by atoms with E-state index >= 15 is 0 Å². The number of aromatic nitrogens is 1. The fraction of sp³-hybridized carbons (Fsp3) is 0.125. The van der Waals surface area contributed by atoms with E-state index in [0.29, 0.717) is 0 Å². The second-order valence-corrected chi connectivity index (χ2v) is 15.8. The van der Waals surface area contributed by atoms with E-state index in [2.05, 4.69) is 144 Å². The average Bonchev–Trinajstić information content (AvgIpc) is 3.91. The van der Waals surface area contributed by atoms with Crippen molar-refractivity contribution in [1.29, 1.82) is 0 Å². The van der Waals surface area contributed by atoms with Crippen LogP contribution in [0.15, 0.2) is 144 Å². The van der Waals surface area contributed by atoms with Crippen molar-refractivity contribution in [3.63, 3.8) is 0 Å². The molecular weight excluding hydrogens is 639 g/mol. The van der Waals surface area contributed by atoms with Gasteiger partial charge in [0.2, 0.25) is 0 Å². The molecule has 0 bridgehead atoms. The zero-order valence-corrected chi connectivity index (χ0v) is 28.9. The number of furan rings is 1. The number of nitrogens with zero attached hydrogens (tertiary/aromatic N) is 1. The summed E-state index contributed by atoms with van der Waals surface area (Å²) in [7, 11) is 0. The maximum atomic E-state index is 6.59. The number of para-hydroxylation sites is 1. The van der Waals surface area contributed by atoms with Crippen LogP contribution in [-0.2, 0) is 5.41 Å². The highest BCUT2D eigenvalue weighted by Gasteiger charge is 2.44. The minimum atomic E-state index is 0.125. The third kappa shape index (κ3) is 3.82.